The third-order valence-electron chi connectivity index (χ3n) is 6.54. The number of rotatable bonds is 10. The second-order valence-electron chi connectivity index (χ2n) is 9.57. The normalized spacial score (nSPS) is 26.3. The van der Waals surface area contributed by atoms with Crippen LogP contribution in [-0.4, -0.2) is 19.1 Å². The first-order valence-corrected chi connectivity index (χ1v) is 12.0. The Bertz CT molecular complexity index is 570. The SMILES string of the molecule is CCC(C)(CCCC(C)C)S(=O)(=O)NC(=O)C1(CC(C)C)CCC[C@H]1C. The van der Waals surface area contributed by atoms with Gasteiger partial charge in [0.25, 0.3) is 0 Å². The van der Waals surface area contributed by atoms with Gasteiger partial charge in [-0.05, 0) is 56.8 Å². The molecule has 0 aromatic carbocycles. The van der Waals surface area contributed by atoms with Crippen molar-refractivity contribution < 1.29 is 13.2 Å². The van der Waals surface area contributed by atoms with Gasteiger partial charge in [-0.15, -0.1) is 0 Å². The molecule has 0 aromatic heterocycles. The fraction of sp³-hybridized carbons (Fsp3) is 0.952. The summed E-state index contributed by atoms with van der Waals surface area (Å²) >= 11 is 0. The summed E-state index contributed by atoms with van der Waals surface area (Å²) in [5, 5.41) is 0. The Labute approximate surface area is 162 Å². The molecule has 0 spiro atoms. The summed E-state index contributed by atoms with van der Waals surface area (Å²) in [4.78, 5) is 13.2. The molecule has 0 bridgehead atoms. The van der Waals surface area contributed by atoms with Gasteiger partial charge in [0.15, 0.2) is 0 Å². The summed E-state index contributed by atoms with van der Waals surface area (Å²) < 4.78 is 27.9. The summed E-state index contributed by atoms with van der Waals surface area (Å²) in [6.07, 6.45) is 6.53. The van der Waals surface area contributed by atoms with E-state index < -0.39 is 20.2 Å². The molecule has 154 valence electrons. The largest absolute Gasteiger partial charge is 0.273 e. The molecule has 3 atom stereocenters. The molecule has 1 rings (SSSR count). The maximum Gasteiger partial charge on any atom is 0.240 e. The number of hydrogen-bond acceptors (Lipinski definition) is 3. The van der Waals surface area contributed by atoms with E-state index in [0.717, 1.165) is 38.5 Å². The van der Waals surface area contributed by atoms with Crippen molar-refractivity contribution in [2.75, 3.05) is 0 Å². The number of sulfonamides is 1. The number of carbonyl (C=O) groups excluding carboxylic acids is 1. The van der Waals surface area contributed by atoms with E-state index in [1.807, 2.05) is 6.92 Å². The first-order valence-electron chi connectivity index (χ1n) is 10.5. The third kappa shape index (κ3) is 5.24. The molecule has 1 amide bonds. The van der Waals surface area contributed by atoms with Crippen LogP contribution >= 0.6 is 0 Å². The Morgan fingerprint density at radius 2 is 1.85 bits per heavy atom. The first-order chi connectivity index (χ1) is 11.9. The predicted molar refractivity (Wildman–Crippen MR) is 109 cm³/mol. The molecule has 1 N–H and O–H groups in total. The lowest BCUT2D eigenvalue weighted by atomic mass is 9.72. The first kappa shape index (κ1) is 23.5. The molecule has 0 heterocycles. The molecular weight excluding hydrogens is 346 g/mol. The maximum atomic E-state index is 13.2. The van der Waals surface area contributed by atoms with E-state index in [2.05, 4.69) is 39.3 Å². The van der Waals surface area contributed by atoms with Crippen LogP contribution in [0.15, 0.2) is 0 Å². The Morgan fingerprint density at radius 3 is 2.27 bits per heavy atom. The van der Waals surface area contributed by atoms with Gasteiger partial charge in [0, 0.05) is 0 Å². The average molecular weight is 388 g/mol. The van der Waals surface area contributed by atoms with E-state index >= 15 is 0 Å². The molecule has 0 saturated heterocycles. The zero-order valence-corrected chi connectivity index (χ0v) is 18.8. The topological polar surface area (TPSA) is 63.2 Å². The van der Waals surface area contributed by atoms with Crippen LogP contribution in [-0.2, 0) is 14.8 Å². The van der Waals surface area contributed by atoms with E-state index in [-0.39, 0.29) is 11.8 Å². The summed E-state index contributed by atoms with van der Waals surface area (Å²) in [5.41, 5.74) is -0.534. The summed E-state index contributed by atoms with van der Waals surface area (Å²) in [7, 11) is -3.70. The van der Waals surface area contributed by atoms with E-state index in [9.17, 15) is 13.2 Å². The lowest BCUT2D eigenvalue weighted by Crippen LogP contribution is -2.52. The monoisotopic (exact) mass is 387 g/mol. The highest BCUT2D eigenvalue weighted by atomic mass is 32.2. The molecule has 1 fully saturated rings. The Balaban J connectivity index is 2.99. The van der Waals surface area contributed by atoms with Gasteiger partial charge in [0.1, 0.15) is 0 Å². The predicted octanol–water partition coefficient (Wildman–Crippen LogP) is 5.28. The van der Waals surface area contributed by atoms with Gasteiger partial charge in [-0.3, -0.25) is 9.52 Å². The van der Waals surface area contributed by atoms with E-state index in [4.69, 9.17) is 0 Å². The maximum absolute atomic E-state index is 13.2. The van der Waals surface area contributed by atoms with Gasteiger partial charge in [-0.25, -0.2) is 8.42 Å². The minimum absolute atomic E-state index is 0.230. The van der Waals surface area contributed by atoms with Crippen molar-refractivity contribution in [2.45, 2.75) is 105 Å². The molecule has 5 heteroatoms. The zero-order chi connectivity index (χ0) is 20.2. The van der Waals surface area contributed by atoms with E-state index in [1.165, 1.54) is 0 Å². The van der Waals surface area contributed by atoms with Crippen LogP contribution in [0.1, 0.15) is 99.8 Å². The van der Waals surface area contributed by atoms with E-state index in [1.54, 1.807) is 6.92 Å². The number of carbonyl (C=O) groups is 1. The van der Waals surface area contributed by atoms with Crippen LogP contribution < -0.4 is 4.72 Å². The molecule has 1 aliphatic rings. The molecule has 1 saturated carbocycles. The molecule has 0 aliphatic heterocycles. The molecule has 2 unspecified atom stereocenters. The van der Waals surface area contributed by atoms with Crippen LogP contribution in [0.4, 0.5) is 0 Å². The van der Waals surface area contributed by atoms with Crippen molar-refractivity contribution >= 4 is 15.9 Å². The highest BCUT2D eigenvalue weighted by Crippen LogP contribution is 2.48. The molecule has 0 aromatic rings. The van der Waals surface area contributed by atoms with Crippen molar-refractivity contribution in [1.29, 1.82) is 0 Å². The van der Waals surface area contributed by atoms with Gasteiger partial charge >= 0.3 is 0 Å². The minimum atomic E-state index is -3.70. The number of hydrogen-bond donors (Lipinski definition) is 1. The third-order valence-corrected chi connectivity index (χ3v) is 8.78. The number of nitrogens with one attached hydrogen (secondary N) is 1. The van der Waals surface area contributed by atoms with Crippen molar-refractivity contribution in [1.82, 2.24) is 4.72 Å². The van der Waals surface area contributed by atoms with Crippen LogP contribution in [0.5, 0.6) is 0 Å². The van der Waals surface area contributed by atoms with Crippen molar-refractivity contribution in [3.05, 3.63) is 0 Å². The molecule has 1 aliphatic carbocycles. The van der Waals surface area contributed by atoms with Gasteiger partial charge in [-0.1, -0.05) is 60.8 Å². The lowest BCUT2D eigenvalue weighted by molar-refractivity contribution is -0.132. The summed E-state index contributed by atoms with van der Waals surface area (Å²) in [6, 6.07) is 0. The second-order valence-corrected chi connectivity index (χ2v) is 11.8. The molecule has 26 heavy (non-hydrogen) atoms. The van der Waals surface area contributed by atoms with Gasteiger partial charge in [-0.2, -0.15) is 0 Å². The highest BCUT2D eigenvalue weighted by molar-refractivity contribution is 7.91. The summed E-state index contributed by atoms with van der Waals surface area (Å²) in [5.74, 6) is 0.892. The Hall–Kier alpha value is -0.580. The van der Waals surface area contributed by atoms with Crippen LogP contribution in [0.2, 0.25) is 0 Å². The van der Waals surface area contributed by atoms with Crippen LogP contribution in [0.25, 0.3) is 0 Å². The number of amides is 1. The van der Waals surface area contributed by atoms with Gasteiger partial charge < -0.3 is 0 Å². The van der Waals surface area contributed by atoms with Crippen molar-refractivity contribution in [3.8, 4) is 0 Å². The molecule has 0 radical (unpaired) electrons. The average Bonchev–Trinajstić information content (AvgIpc) is 2.87. The smallest absolute Gasteiger partial charge is 0.240 e. The van der Waals surface area contributed by atoms with E-state index in [0.29, 0.717) is 24.7 Å². The molecule has 4 nitrogen and oxygen atoms in total. The standard InChI is InChI=1S/C21H41NO3S/c1-8-20(7,13-9-11-16(2)3)26(24,25)22-19(23)21(15-17(4)5)14-10-12-18(21)6/h16-18H,8-15H2,1-7H3,(H,22,23)/t18-,20?,21?/m1/s1. The Kier molecular flexibility index (Phi) is 8.19. The van der Waals surface area contributed by atoms with Gasteiger partial charge in [0.05, 0.1) is 10.2 Å². The van der Waals surface area contributed by atoms with Crippen molar-refractivity contribution in [2.24, 2.45) is 23.2 Å². The fourth-order valence-electron chi connectivity index (χ4n) is 4.44. The highest BCUT2D eigenvalue weighted by Gasteiger charge is 2.49. The quantitative estimate of drug-likeness (QED) is 0.554. The second kappa shape index (κ2) is 9.07. The minimum Gasteiger partial charge on any atom is -0.273 e. The lowest BCUT2D eigenvalue weighted by Gasteiger charge is -2.36. The van der Waals surface area contributed by atoms with Crippen molar-refractivity contribution in [3.63, 3.8) is 0 Å². The van der Waals surface area contributed by atoms with Gasteiger partial charge in [0.2, 0.25) is 15.9 Å². The molecular formula is C21H41NO3S. The van der Waals surface area contributed by atoms with Crippen LogP contribution in [0, 0.1) is 23.2 Å². The summed E-state index contributed by atoms with van der Waals surface area (Å²) in [6.45, 7) is 14.3. The Morgan fingerprint density at radius 1 is 1.23 bits per heavy atom. The fourth-order valence-corrected chi connectivity index (χ4v) is 5.93. The zero-order valence-electron chi connectivity index (χ0n) is 18.0. The van der Waals surface area contributed by atoms with Crippen LogP contribution in [0.3, 0.4) is 0 Å².